The number of nitrogens with two attached hydrogens (primary N) is 1. The van der Waals surface area contributed by atoms with Crippen LogP contribution in [0, 0.1) is 5.82 Å². The van der Waals surface area contributed by atoms with E-state index in [1.807, 2.05) is 0 Å². The maximum absolute atomic E-state index is 13.2. The van der Waals surface area contributed by atoms with Crippen molar-refractivity contribution >= 4 is 0 Å². The molecule has 3 N–H and O–H groups in total. The van der Waals surface area contributed by atoms with Gasteiger partial charge in [0.25, 0.3) is 0 Å². The van der Waals surface area contributed by atoms with Crippen molar-refractivity contribution in [2.45, 2.75) is 12.2 Å². The molecular formula is C10H12F4N2. The first-order valence-corrected chi connectivity index (χ1v) is 4.63. The minimum Gasteiger partial charge on any atom is -0.323 e. The van der Waals surface area contributed by atoms with Gasteiger partial charge in [-0.15, -0.1) is 0 Å². The van der Waals surface area contributed by atoms with Gasteiger partial charge >= 0.3 is 6.18 Å². The maximum atomic E-state index is 13.2. The molecule has 6 heteroatoms. The van der Waals surface area contributed by atoms with E-state index < -0.39 is 23.6 Å². The summed E-state index contributed by atoms with van der Waals surface area (Å²) in [6, 6.07) is 2.20. The van der Waals surface area contributed by atoms with Crippen LogP contribution in [-0.4, -0.2) is 13.6 Å². The summed E-state index contributed by atoms with van der Waals surface area (Å²) in [6.45, 7) is 0.366. The first kappa shape index (κ1) is 12.9. The second-order valence-electron chi connectivity index (χ2n) is 3.40. The predicted molar refractivity (Wildman–Crippen MR) is 52.3 cm³/mol. The number of benzene rings is 1. The van der Waals surface area contributed by atoms with Gasteiger partial charge in [-0.2, -0.15) is 13.2 Å². The molecule has 0 aliphatic carbocycles. The summed E-state index contributed by atoms with van der Waals surface area (Å²) >= 11 is 0. The molecule has 0 unspecified atom stereocenters. The molecule has 0 bridgehead atoms. The Bertz CT molecular complexity index is 362. The average Bonchev–Trinajstić information content (AvgIpc) is 2.16. The van der Waals surface area contributed by atoms with Crippen LogP contribution in [0.5, 0.6) is 0 Å². The Balaban J connectivity index is 3.00. The minimum absolute atomic E-state index is 0.333. The van der Waals surface area contributed by atoms with Crippen LogP contribution in [0.3, 0.4) is 0 Å². The molecule has 0 aliphatic rings. The molecule has 0 saturated carbocycles. The fraction of sp³-hybridized carbons (Fsp3) is 0.400. The SMILES string of the molecule is CNC[C@@H](N)c1ccc(C(F)(F)F)c(F)c1. The van der Waals surface area contributed by atoms with Gasteiger partial charge in [0.05, 0.1) is 5.56 Å². The molecule has 1 rings (SSSR count). The van der Waals surface area contributed by atoms with Crippen LogP contribution < -0.4 is 11.1 Å². The number of halogens is 4. The van der Waals surface area contributed by atoms with Crippen LogP contribution in [-0.2, 0) is 6.18 Å². The molecule has 0 radical (unpaired) electrons. The van der Waals surface area contributed by atoms with E-state index in [0.29, 0.717) is 18.2 Å². The Morgan fingerprint density at radius 1 is 1.38 bits per heavy atom. The zero-order valence-electron chi connectivity index (χ0n) is 8.61. The molecule has 0 aliphatic heterocycles. The summed E-state index contributed by atoms with van der Waals surface area (Å²) in [4.78, 5) is 0. The Morgan fingerprint density at radius 3 is 2.44 bits per heavy atom. The van der Waals surface area contributed by atoms with Crippen LogP contribution in [0.15, 0.2) is 18.2 Å². The Kier molecular flexibility index (Phi) is 3.88. The number of hydrogen-bond donors (Lipinski definition) is 2. The van der Waals surface area contributed by atoms with Gasteiger partial charge in [-0.25, -0.2) is 4.39 Å². The van der Waals surface area contributed by atoms with Gasteiger partial charge in [0, 0.05) is 12.6 Å². The van der Waals surface area contributed by atoms with E-state index in [1.165, 1.54) is 6.07 Å². The van der Waals surface area contributed by atoms with Gasteiger partial charge in [0.15, 0.2) is 0 Å². The molecule has 0 aromatic heterocycles. The lowest BCUT2D eigenvalue weighted by atomic mass is 10.0. The standard InChI is InChI=1S/C10H12F4N2/c1-16-5-9(15)6-2-3-7(8(11)4-6)10(12,13)14/h2-4,9,16H,5,15H2,1H3/t9-/m1/s1. The predicted octanol–water partition coefficient (Wildman–Crippen LogP) is 2.06. The number of nitrogens with one attached hydrogen (secondary N) is 1. The molecule has 0 amide bonds. The first-order chi connectivity index (χ1) is 7.36. The van der Waals surface area contributed by atoms with Gasteiger partial charge in [-0.1, -0.05) is 6.07 Å². The zero-order chi connectivity index (χ0) is 12.3. The van der Waals surface area contributed by atoms with Crippen LogP contribution in [0.25, 0.3) is 0 Å². The smallest absolute Gasteiger partial charge is 0.323 e. The number of hydrogen-bond acceptors (Lipinski definition) is 2. The summed E-state index contributed by atoms with van der Waals surface area (Å²) in [5.41, 5.74) is 4.69. The van der Waals surface area contributed by atoms with Crippen LogP contribution >= 0.6 is 0 Å². The molecule has 0 heterocycles. The van der Waals surface area contributed by atoms with E-state index in [0.717, 1.165) is 6.07 Å². The lowest BCUT2D eigenvalue weighted by Gasteiger charge is -2.13. The normalized spacial score (nSPS) is 13.9. The van der Waals surface area contributed by atoms with Gasteiger partial charge in [-0.05, 0) is 24.7 Å². The summed E-state index contributed by atoms with van der Waals surface area (Å²) < 4.78 is 49.9. The zero-order valence-corrected chi connectivity index (χ0v) is 8.61. The Hall–Kier alpha value is -1.14. The Labute approximate surface area is 90.4 Å². The summed E-state index contributed by atoms with van der Waals surface area (Å²) in [5.74, 6) is -1.29. The highest BCUT2D eigenvalue weighted by atomic mass is 19.4. The van der Waals surface area contributed by atoms with Crippen molar-refractivity contribution in [3.63, 3.8) is 0 Å². The van der Waals surface area contributed by atoms with Crippen molar-refractivity contribution in [3.8, 4) is 0 Å². The van der Waals surface area contributed by atoms with Crippen molar-refractivity contribution in [3.05, 3.63) is 35.1 Å². The fourth-order valence-electron chi connectivity index (χ4n) is 1.33. The molecule has 2 nitrogen and oxygen atoms in total. The average molecular weight is 236 g/mol. The van der Waals surface area contributed by atoms with Crippen molar-refractivity contribution < 1.29 is 17.6 Å². The maximum Gasteiger partial charge on any atom is 0.419 e. The highest BCUT2D eigenvalue weighted by molar-refractivity contribution is 5.28. The third kappa shape index (κ3) is 2.93. The van der Waals surface area contributed by atoms with Gasteiger partial charge < -0.3 is 11.1 Å². The molecule has 1 atom stereocenters. The van der Waals surface area contributed by atoms with Crippen molar-refractivity contribution in [1.29, 1.82) is 0 Å². The molecular weight excluding hydrogens is 224 g/mol. The second-order valence-corrected chi connectivity index (χ2v) is 3.40. The molecule has 0 fully saturated rings. The van der Waals surface area contributed by atoms with E-state index in [9.17, 15) is 17.6 Å². The van der Waals surface area contributed by atoms with Crippen LogP contribution in [0.4, 0.5) is 17.6 Å². The van der Waals surface area contributed by atoms with Crippen LogP contribution in [0.2, 0.25) is 0 Å². The lowest BCUT2D eigenvalue weighted by Crippen LogP contribution is -2.24. The van der Waals surface area contributed by atoms with Crippen molar-refractivity contribution in [1.82, 2.24) is 5.32 Å². The lowest BCUT2D eigenvalue weighted by molar-refractivity contribution is -0.140. The second kappa shape index (κ2) is 4.80. The molecule has 0 spiro atoms. The van der Waals surface area contributed by atoms with Gasteiger partial charge in [0.2, 0.25) is 0 Å². The number of rotatable bonds is 3. The quantitative estimate of drug-likeness (QED) is 0.788. The summed E-state index contributed by atoms with van der Waals surface area (Å²) in [6.07, 6.45) is -4.67. The highest BCUT2D eigenvalue weighted by Gasteiger charge is 2.34. The molecule has 90 valence electrons. The van der Waals surface area contributed by atoms with E-state index >= 15 is 0 Å². The largest absolute Gasteiger partial charge is 0.419 e. The number of likely N-dealkylation sites (N-methyl/N-ethyl adjacent to an activating group) is 1. The highest BCUT2D eigenvalue weighted by Crippen LogP contribution is 2.32. The molecule has 0 saturated heterocycles. The fourth-order valence-corrected chi connectivity index (χ4v) is 1.33. The topological polar surface area (TPSA) is 38.0 Å². The van der Waals surface area contributed by atoms with Crippen molar-refractivity contribution in [2.24, 2.45) is 5.73 Å². The Morgan fingerprint density at radius 2 is 2.00 bits per heavy atom. The monoisotopic (exact) mass is 236 g/mol. The number of alkyl halides is 3. The summed E-state index contributed by atoms with van der Waals surface area (Å²) in [5, 5.41) is 2.76. The van der Waals surface area contributed by atoms with Crippen molar-refractivity contribution in [2.75, 3.05) is 13.6 Å². The van der Waals surface area contributed by atoms with E-state index in [4.69, 9.17) is 5.73 Å². The third-order valence-electron chi connectivity index (χ3n) is 2.15. The molecule has 16 heavy (non-hydrogen) atoms. The first-order valence-electron chi connectivity index (χ1n) is 4.63. The molecule has 1 aromatic carbocycles. The van der Waals surface area contributed by atoms with Gasteiger partial charge in [0.1, 0.15) is 5.82 Å². The van der Waals surface area contributed by atoms with Gasteiger partial charge in [-0.3, -0.25) is 0 Å². The summed E-state index contributed by atoms with van der Waals surface area (Å²) in [7, 11) is 1.65. The minimum atomic E-state index is -4.67. The van der Waals surface area contributed by atoms with Crippen LogP contribution in [0.1, 0.15) is 17.2 Å². The van der Waals surface area contributed by atoms with E-state index in [2.05, 4.69) is 5.32 Å². The van der Waals surface area contributed by atoms with E-state index in [-0.39, 0.29) is 0 Å². The third-order valence-corrected chi connectivity index (χ3v) is 2.15. The molecule has 1 aromatic rings. The van der Waals surface area contributed by atoms with E-state index in [1.54, 1.807) is 7.05 Å².